The van der Waals surface area contributed by atoms with Crippen molar-refractivity contribution >= 4 is 11.9 Å². The number of hydrogen-bond acceptors (Lipinski definition) is 5. The van der Waals surface area contributed by atoms with Crippen LogP contribution in [0.3, 0.4) is 0 Å². The Morgan fingerprint density at radius 2 is 0.441 bits per heavy atom. The van der Waals surface area contributed by atoms with Crippen LogP contribution in [0, 0.1) is 0 Å². The molecule has 0 saturated carbocycles. The van der Waals surface area contributed by atoms with Crippen molar-refractivity contribution in [3.05, 3.63) is 0 Å². The molecular formula is C87H173NO5. The van der Waals surface area contributed by atoms with E-state index in [-0.39, 0.29) is 18.5 Å². The van der Waals surface area contributed by atoms with E-state index in [4.69, 9.17) is 4.74 Å². The lowest BCUT2D eigenvalue weighted by Gasteiger charge is -2.22. The Bertz CT molecular complexity index is 1370. The van der Waals surface area contributed by atoms with Gasteiger partial charge in [0.15, 0.2) is 0 Å². The van der Waals surface area contributed by atoms with Crippen LogP contribution in [0.15, 0.2) is 0 Å². The molecule has 0 fully saturated rings. The molecule has 0 aromatic carbocycles. The van der Waals surface area contributed by atoms with Gasteiger partial charge in [-0.1, -0.05) is 483 Å². The quantitative estimate of drug-likeness (QED) is 0.0417. The number of amides is 1. The van der Waals surface area contributed by atoms with E-state index < -0.39 is 12.1 Å². The summed E-state index contributed by atoms with van der Waals surface area (Å²) in [6.45, 7) is 5.03. The first-order valence-corrected chi connectivity index (χ1v) is 43.8. The van der Waals surface area contributed by atoms with E-state index in [1.165, 1.54) is 449 Å². The maximum absolute atomic E-state index is 12.6. The summed E-state index contributed by atoms with van der Waals surface area (Å²) in [7, 11) is 0. The predicted molar refractivity (Wildman–Crippen MR) is 412 cm³/mol. The molecular weight excluding hydrogens is 1140 g/mol. The highest BCUT2D eigenvalue weighted by atomic mass is 16.5. The summed E-state index contributed by atoms with van der Waals surface area (Å²) in [6.07, 6.45) is 105. The van der Waals surface area contributed by atoms with E-state index in [0.717, 1.165) is 38.5 Å². The van der Waals surface area contributed by atoms with Crippen LogP contribution in [0.5, 0.6) is 0 Å². The number of rotatable bonds is 84. The Morgan fingerprint density at radius 3 is 0.656 bits per heavy atom. The van der Waals surface area contributed by atoms with Gasteiger partial charge in [-0.3, -0.25) is 9.59 Å². The SMILES string of the molecule is CCCCCCCCCCCCCCCCCCCCCCC(O)C(CO)NC(=O)CCCCCCCCCCCCCCCCCCCCCCCCCCCCCCCCCCCCCCCCCOC(=O)CCCCCCCCCCCCCCCCCCC. The Balaban J connectivity index is 3.28. The van der Waals surface area contributed by atoms with E-state index in [9.17, 15) is 19.8 Å². The van der Waals surface area contributed by atoms with E-state index in [2.05, 4.69) is 19.2 Å². The summed E-state index contributed by atoms with van der Waals surface area (Å²) in [5, 5.41) is 23.5. The topological polar surface area (TPSA) is 95.9 Å². The van der Waals surface area contributed by atoms with Crippen LogP contribution in [-0.2, 0) is 14.3 Å². The summed E-state index contributed by atoms with van der Waals surface area (Å²) in [6, 6.07) is -0.537. The van der Waals surface area contributed by atoms with Crippen molar-refractivity contribution in [2.75, 3.05) is 13.2 Å². The lowest BCUT2D eigenvalue weighted by Crippen LogP contribution is -2.45. The standard InChI is InChI=1S/C87H173NO5/c1-3-5-7-9-11-13-15-17-19-21-22-44-48-51-55-59-63-67-71-75-79-85(90)84(83-89)88-86(91)80-76-72-68-64-60-56-52-49-45-42-40-38-36-34-32-30-28-26-24-23-25-27-29-31-33-35-37-39-41-43-46-50-54-58-62-66-70-74-78-82-93-87(92)81-77-73-69-65-61-57-53-47-20-18-16-14-12-10-8-6-4-2/h84-85,89-90H,3-83H2,1-2H3,(H,88,91). The Kier molecular flexibility index (Phi) is 82.3. The molecule has 2 atom stereocenters. The van der Waals surface area contributed by atoms with Gasteiger partial charge in [0.2, 0.25) is 5.91 Å². The summed E-state index contributed by atoms with van der Waals surface area (Å²) in [5.74, 6) is 0.00710. The molecule has 6 heteroatoms. The second kappa shape index (κ2) is 83.3. The van der Waals surface area contributed by atoms with Gasteiger partial charge >= 0.3 is 5.97 Å². The fourth-order valence-corrected chi connectivity index (χ4v) is 14.5. The summed E-state index contributed by atoms with van der Waals surface area (Å²) >= 11 is 0. The fraction of sp³-hybridized carbons (Fsp3) is 0.977. The van der Waals surface area contributed by atoms with Gasteiger partial charge in [0, 0.05) is 12.8 Å². The largest absolute Gasteiger partial charge is 0.466 e. The average Bonchev–Trinajstić information content (AvgIpc) is 3.77. The Hall–Kier alpha value is -1.14. The molecule has 0 bridgehead atoms. The second-order valence-electron chi connectivity index (χ2n) is 30.6. The second-order valence-corrected chi connectivity index (χ2v) is 30.6. The molecule has 0 rings (SSSR count). The van der Waals surface area contributed by atoms with Crippen molar-refractivity contribution in [3.63, 3.8) is 0 Å². The van der Waals surface area contributed by atoms with Crippen LogP contribution in [0.1, 0.15) is 521 Å². The van der Waals surface area contributed by atoms with Crippen LogP contribution in [-0.4, -0.2) is 47.4 Å². The van der Waals surface area contributed by atoms with E-state index >= 15 is 0 Å². The fourth-order valence-electron chi connectivity index (χ4n) is 14.5. The number of aliphatic hydroxyl groups is 2. The molecule has 0 aromatic heterocycles. The van der Waals surface area contributed by atoms with Crippen molar-refractivity contribution in [2.45, 2.75) is 533 Å². The molecule has 0 aliphatic carbocycles. The number of carbonyl (C=O) groups excluding carboxylic acids is 2. The Labute approximate surface area is 585 Å². The molecule has 3 N–H and O–H groups in total. The van der Waals surface area contributed by atoms with Crippen LogP contribution in [0.2, 0.25) is 0 Å². The predicted octanol–water partition coefficient (Wildman–Crippen LogP) is 29.2. The summed E-state index contributed by atoms with van der Waals surface area (Å²) in [4.78, 5) is 24.7. The van der Waals surface area contributed by atoms with Crippen LogP contribution in [0.25, 0.3) is 0 Å². The minimum Gasteiger partial charge on any atom is -0.466 e. The molecule has 1 amide bonds. The highest BCUT2D eigenvalue weighted by Gasteiger charge is 2.20. The van der Waals surface area contributed by atoms with Crippen LogP contribution >= 0.6 is 0 Å². The number of aliphatic hydroxyl groups excluding tert-OH is 2. The number of carbonyl (C=O) groups is 2. The molecule has 0 aromatic rings. The number of hydrogen-bond donors (Lipinski definition) is 3. The van der Waals surface area contributed by atoms with Crippen molar-refractivity contribution < 1.29 is 24.5 Å². The van der Waals surface area contributed by atoms with Gasteiger partial charge < -0.3 is 20.3 Å². The molecule has 0 saturated heterocycles. The van der Waals surface area contributed by atoms with Gasteiger partial charge in [-0.25, -0.2) is 0 Å². The third-order valence-corrected chi connectivity index (χ3v) is 21.2. The maximum Gasteiger partial charge on any atom is 0.305 e. The molecule has 6 nitrogen and oxygen atoms in total. The van der Waals surface area contributed by atoms with Crippen LogP contribution < -0.4 is 5.32 Å². The molecule has 93 heavy (non-hydrogen) atoms. The van der Waals surface area contributed by atoms with E-state index in [1.54, 1.807) is 0 Å². The molecule has 556 valence electrons. The summed E-state index contributed by atoms with van der Waals surface area (Å²) < 4.78 is 5.52. The molecule has 0 aliphatic rings. The first-order valence-electron chi connectivity index (χ1n) is 43.8. The first kappa shape index (κ1) is 91.9. The molecule has 0 aliphatic heterocycles. The number of ether oxygens (including phenoxy) is 1. The van der Waals surface area contributed by atoms with Gasteiger partial charge in [-0.2, -0.15) is 0 Å². The zero-order valence-electron chi connectivity index (χ0n) is 64.0. The highest BCUT2D eigenvalue weighted by Crippen LogP contribution is 2.22. The van der Waals surface area contributed by atoms with E-state index in [1.807, 2.05) is 0 Å². The summed E-state index contributed by atoms with van der Waals surface area (Å²) in [5.41, 5.74) is 0. The van der Waals surface area contributed by atoms with Crippen molar-refractivity contribution in [1.82, 2.24) is 5.32 Å². The van der Waals surface area contributed by atoms with Gasteiger partial charge in [0.05, 0.1) is 25.4 Å². The number of esters is 1. The third kappa shape index (κ3) is 79.7. The smallest absolute Gasteiger partial charge is 0.305 e. The molecule has 2 unspecified atom stereocenters. The number of unbranched alkanes of at least 4 members (excludes halogenated alkanes) is 73. The lowest BCUT2D eigenvalue weighted by molar-refractivity contribution is -0.143. The van der Waals surface area contributed by atoms with Crippen molar-refractivity contribution in [1.29, 1.82) is 0 Å². The van der Waals surface area contributed by atoms with Crippen molar-refractivity contribution in [3.8, 4) is 0 Å². The monoisotopic (exact) mass is 1310 g/mol. The van der Waals surface area contributed by atoms with Gasteiger partial charge in [0.25, 0.3) is 0 Å². The molecule has 0 heterocycles. The zero-order valence-corrected chi connectivity index (χ0v) is 64.0. The minimum absolute atomic E-state index is 0.0226. The van der Waals surface area contributed by atoms with Gasteiger partial charge in [-0.15, -0.1) is 0 Å². The first-order chi connectivity index (χ1) is 46.0. The molecule has 0 spiro atoms. The maximum atomic E-state index is 12.6. The normalized spacial score (nSPS) is 12.3. The van der Waals surface area contributed by atoms with Gasteiger partial charge in [0.1, 0.15) is 0 Å². The third-order valence-electron chi connectivity index (χ3n) is 21.2. The van der Waals surface area contributed by atoms with Gasteiger partial charge in [-0.05, 0) is 25.7 Å². The molecule has 0 radical (unpaired) electrons. The van der Waals surface area contributed by atoms with Crippen LogP contribution in [0.4, 0.5) is 0 Å². The zero-order chi connectivity index (χ0) is 67.0. The lowest BCUT2D eigenvalue weighted by atomic mass is 10.0. The highest BCUT2D eigenvalue weighted by molar-refractivity contribution is 5.76. The number of nitrogens with one attached hydrogen (secondary N) is 1. The minimum atomic E-state index is -0.660. The van der Waals surface area contributed by atoms with Crippen molar-refractivity contribution in [2.24, 2.45) is 0 Å². The Morgan fingerprint density at radius 1 is 0.258 bits per heavy atom. The van der Waals surface area contributed by atoms with E-state index in [0.29, 0.717) is 25.9 Å². The average molecular weight is 1310 g/mol.